The lowest BCUT2D eigenvalue weighted by atomic mass is 9.83. The van der Waals surface area contributed by atoms with Crippen LogP contribution in [0.1, 0.15) is 56.7 Å². The molecule has 1 amide bonds. The van der Waals surface area contributed by atoms with E-state index in [1.165, 1.54) is 19.3 Å². The summed E-state index contributed by atoms with van der Waals surface area (Å²) in [6.07, 6.45) is 9.45. The number of carbonyl (C=O) groups is 1. The molecule has 0 spiro atoms. The number of primary amides is 1. The van der Waals surface area contributed by atoms with Gasteiger partial charge in [-0.2, -0.15) is 0 Å². The fraction of sp³-hybridized carbons (Fsp3) is 0.769. The number of rotatable bonds is 4. The summed E-state index contributed by atoms with van der Waals surface area (Å²) in [5.41, 5.74) is 11.9. The number of nitrogens with two attached hydrogens (primary N) is 2. The molecule has 1 atom stereocenters. The van der Waals surface area contributed by atoms with Gasteiger partial charge in [-0.3, -0.25) is 4.79 Å². The molecule has 2 saturated carbocycles. The summed E-state index contributed by atoms with van der Waals surface area (Å²) in [6.45, 7) is 0. The SMILES string of the molecule is NC(=O)C1(n2cc(C(N)C3CCCCC3)nn2)CC1. The van der Waals surface area contributed by atoms with Gasteiger partial charge in [0.2, 0.25) is 5.91 Å². The van der Waals surface area contributed by atoms with Gasteiger partial charge in [0.15, 0.2) is 0 Å². The maximum Gasteiger partial charge on any atom is 0.245 e. The van der Waals surface area contributed by atoms with Crippen molar-refractivity contribution in [2.75, 3.05) is 0 Å². The Morgan fingerprint density at radius 3 is 2.63 bits per heavy atom. The zero-order valence-corrected chi connectivity index (χ0v) is 11.1. The van der Waals surface area contributed by atoms with Crippen LogP contribution >= 0.6 is 0 Å². The summed E-state index contributed by atoms with van der Waals surface area (Å²) in [6, 6.07) is -0.0715. The first-order chi connectivity index (χ1) is 9.13. The minimum atomic E-state index is -0.627. The molecule has 0 bridgehead atoms. The lowest BCUT2D eigenvalue weighted by Crippen LogP contribution is -2.34. The number of aromatic nitrogens is 3. The van der Waals surface area contributed by atoms with Crippen molar-refractivity contribution in [2.45, 2.75) is 56.5 Å². The van der Waals surface area contributed by atoms with Crippen LogP contribution in [0.25, 0.3) is 0 Å². The minimum Gasteiger partial charge on any atom is -0.368 e. The zero-order valence-electron chi connectivity index (χ0n) is 11.1. The second-order valence-electron chi connectivity index (χ2n) is 5.91. The van der Waals surface area contributed by atoms with E-state index in [0.717, 1.165) is 31.4 Å². The van der Waals surface area contributed by atoms with Crippen LogP contribution in [0.4, 0.5) is 0 Å². The number of hydrogen-bond acceptors (Lipinski definition) is 4. The van der Waals surface area contributed by atoms with Gasteiger partial charge in [0.1, 0.15) is 5.54 Å². The second-order valence-corrected chi connectivity index (χ2v) is 5.91. The molecule has 3 rings (SSSR count). The van der Waals surface area contributed by atoms with E-state index in [2.05, 4.69) is 10.3 Å². The minimum absolute atomic E-state index is 0.0715. The molecule has 1 unspecified atom stereocenters. The predicted octanol–water partition coefficient (Wildman–Crippen LogP) is 0.833. The van der Waals surface area contributed by atoms with E-state index in [4.69, 9.17) is 11.5 Å². The van der Waals surface area contributed by atoms with Crippen LogP contribution in [-0.2, 0) is 10.3 Å². The summed E-state index contributed by atoms with van der Waals surface area (Å²) < 4.78 is 1.62. The molecule has 2 aliphatic rings. The average molecular weight is 263 g/mol. The summed E-state index contributed by atoms with van der Waals surface area (Å²) in [5.74, 6) is 0.165. The summed E-state index contributed by atoms with van der Waals surface area (Å²) in [7, 11) is 0. The van der Waals surface area contributed by atoms with Crippen molar-refractivity contribution in [3.63, 3.8) is 0 Å². The van der Waals surface area contributed by atoms with Crippen molar-refractivity contribution in [1.29, 1.82) is 0 Å². The van der Waals surface area contributed by atoms with Crippen molar-refractivity contribution >= 4 is 5.91 Å². The molecular formula is C13H21N5O. The van der Waals surface area contributed by atoms with E-state index in [9.17, 15) is 4.79 Å². The van der Waals surface area contributed by atoms with Crippen molar-refractivity contribution in [1.82, 2.24) is 15.0 Å². The van der Waals surface area contributed by atoms with Gasteiger partial charge in [-0.15, -0.1) is 5.10 Å². The topological polar surface area (TPSA) is 99.8 Å². The van der Waals surface area contributed by atoms with E-state index >= 15 is 0 Å². The van der Waals surface area contributed by atoms with Crippen LogP contribution in [0.15, 0.2) is 6.20 Å². The molecular weight excluding hydrogens is 242 g/mol. The molecule has 0 aromatic carbocycles. The largest absolute Gasteiger partial charge is 0.368 e. The summed E-state index contributed by atoms with van der Waals surface area (Å²) >= 11 is 0. The Bertz CT molecular complexity index is 473. The number of hydrogen-bond donors (Lipinski definition) is 2. The van der Waals surface area contributed by atoms with Gasteiger partial charge < -0.3 is 11.5 Å². The van der Waals surface area contributed by atoms with Crippen molar-refractivity contribution in [2.24, 2.45) is 17.4 Å². The Morgan fingerprint density at radius 2 is 2.05 bits per heavy atom. The van der Waals surface area contributed by atoms with Crippen molar-refractivity contribution < 1.29 is 4.79 Å². The van der Waals surface area contributed by atoms with E-state index in [-0.39, 0.29) is 11.9 Å². The van der Waals surface area contributed by atoms with E-state index in [1.54, 1.807) is 4.68 Å². The molecule has 19 heavy (non-hydrogen) atoms. The van der Waals surface area contributed by atoms with Crippen LogP contribution in [0.2, 0.25) is 0 Å². The zero-order chi connectivity index (χ0) is 13.5. The number of amides is 1. The summed E-state index contributed by atoms with van der Waals surface area (Å²) in [4.78, 5) is 11.5. The first-order valence-corrected chi connectivity index (χ1v) is 7.12. The smallest absolute Gasteiger partial charge is 0.245 e. The highest BCUT2D eigenvalue weighted by Crippen LogP contribution is 2.43. The lowest BCUT2D eigenvalue weighted by Gasteiger charge is -2.25. The van der Waals surface area contributed by atoms with E-state index in [1.807, 2.05) is 6.20 Å². The average Bonchev–Trinajstić information content (AvgIpc) is 3.11. The third kappa shape index (κ3) is 2.14. The molecule has 0 aliphatic heterocycles. The fourth-order valence-electron chi connectivity index (χ4n) is 3.08. The monoisotopic (exact) mass is 263 g/mol. The first-order valence-electron chi connectivity index (χ1n) is 7.12. The lowest BCUT2D eigenvalue weighted by molar-refractivity contribution is -0.122. The van der Waals surface area contributed by atoms with E-state index in [0.29, 0.717) is 5.92 Å². The van der Waals surface area contributed by atoms with Crippen LogP contribution < -0.4 is 11.5 Å². The van der Waals surface area contributed by atoms with Gasteiger partial charge in [0.25, 0.3) is 0 Å². The first kappa shape index (κ1) is 12.6. The molecule has 6 heteroatoms. The van der Waals surface area contributed by atoms with E-state index < -0.39 is 5.54 Å². The Hall–Kier alpha value is -1.43. The van der Waals surface area contributed by atoms with Gasteiger partial charge >= 0.3 is 0 Å². The van der Waals surface area contributed by atoms with Crippen LogP contribution in [0, 0.1) is 5.92 Å². The van der Waals surface area contributed by atoms with Gasteiger partial charge in [-0.05, 0) is 31.6 Å². The highest BCUT2D eigenvalue weighted by atomic mass is 16.2. The fourth-order valence-corrected chi connectivity index (χ4v) is 3.08. The Labute approximate surface area is 112 Å². The van der Waals surface area contributed by atoms with Crippen molar-refractivity contribution in [3.8, 4) is 0 Å². The molecule has 1 aromatic rings. The quantitative estimate of drug-likeness (QED) is 0.840. The van der Waals surface area contributed by atoms with Gasteiger partial charge in [-0.1, -0.05) is 24.5 Å². The summed E-state index contributed by atoms with van der Waals surface area (Å²) in [5, 5.41) is 8.23. The molecule has 0 radical (unpaired) electrons. The standard InChI is InChI=1S/C13H21N5O/c14-11(9-4-2-1-3-5-9)10-8-18(17-16-10)13(6-7-13)12(15)19/h8-9,11H,1-7,14H2,(H2,15,19). The third-order valence-corrected chi connectivity index (χ3v) is 4.63. The Morgan fingerprint density at radius 1 is 1.37 bits per heavy atom. The Balaban J connectivity index is 1.76. The maximum atomic E-state index is 11.5. The molecule has 1 aromatic heterocycles. The van der Waals surface area contributed by atoms with Crippen molar-refractivity contribution in [3.05, 3.63) is 11.9 Å². The number of carbonyl (C=O) groups excluding carboxylic acids is 1. The number of nitrogens with zero attached hydrogens (tertiary/aromatic N) is 3. The van der Waals surface area contributed by atoms with Crippen LogP contribution in [0.3, 0.4) is 0 Å². The van der Waals surface area contributed by atoms with Gasteiger partial charge in [0.05, 0.1) is 17.9 Å². The molecule has 2 fully saturated rings. The predicted molar refractivity (Wildman–Crippen MR) is 69.9 cm³/mol. The third-order valence-electron chi connectivity index (χ3n) is 4.63. The van der Waals surface area contributed by atoms with Crippen LogP contribution in [0.5, 0.6) is 0 Å². The molecule has 6 nitrogen and oxygen atoms in total. The molecule has 0 saturated heterocycles. The molecule has 2 aliphatic carbocycles. The van der Waals surface area contributed by atoms with Crippen LogP contribution in [-0.4, -0.2) is 20.9 Å². The second kappa shape index (κ2) is 4.59. The molecule has 104 valence electrons. The highest BCUT2D eigenvalue weighted by Gasteiger charge is 2.52. The van der Waals surface area contributed by atoms with Gasteiger partial charge in [0, 0.05) is 0 Å². The molecule has 1 heterocycles. The Kier molecular flexibility index (Phi) is 3.05. The van der Waals surface area contributed by atoms with Gasteiger partial charge in [-0.25, -0.2) is 4.68 Å². The molecule has 4 N–H and O–H groups in total. The highest BCUT2D eigenvalue weighted by molar-refractivity contribution is 5.85. The normalized spacial score (nSPS) is 24.1. The maximum absolute atomic E-state index is 11.5.